The van der Waals surface area contributed by atoms with Crippen molar-refractivity contribution in [1.82, 2.24) is 19.8 Å². The van der Waals surface area contributed by atoms with Gasteiger partial charge < -0.3 is 15.2 Å². The zero-order valence-electron chi connectivity index (χ0n) is 16.3. The van der Waals surface area contributed by atoms with Crippen LogP contribution in [0.1, 0.15) is 34.5 Å². The highest BCUT2D eigenvalue weighted by Crippen LogP contribution is 2.13. The first-order chi connectivity index (χ1) is 14.5. The summed E-state index contributed by atoms with van der Waals surface area (Å²) in [5.74, 6) is -0.0278. The number of nitrogens with one attached hydrogen (secondary N) is 2. The predicted octanol–water partition coefficient (Wildman–Crippen LogP) is 3.06. The zero-order chi connectivity index (χ0) is 21.1. The summed E-state index contributed by atoms with van der Waals surface area (Å²) in [5.41, 5.74) is 0.821. The Morgan fingerprint density at radius 2 is 2.10 bits per heavy atom. The molecule has 156 valence electrons. The van der Waals surface area contributed by atoms with E-state index in [4.69, 9.17) is 12.2 Å². The van der Waals surface area contributed by atoms with Crippen LogP contribution in [0.2, 0.25) is 0 Å². The molecule has 7 nitrogen and oxygen atoms in total. The van der Waals surface area contributed by atoms with E-state index in [1.54, 1.807) is 29.5 Å². The Morgan fingerprint density at radius 1 is 1.23 bits per heavy atom. The van der Waals surface area contributed by atoms with E-state index < -0.39 is 0 Å². The van der Waals surface area contributed by atoms with E-state index in [0.717, 1.165) is 17.8 Å². The molecular formula is C21H22N4O3S2. The molecule has 0 radical (unpaired) electrons. The highest BCUT2D eigenvalue weighted by Gasteiger charge is 2.19. The molecule has 3 aromatic rings. The summed E-state index contributed by atoms with van der Waals surface area (Å²) in [6.45, 7) is 2.32. The second-order valence-electron chi connectivity index (χ2n) is 7.25. The Kier molecular flexibility index (Phi) is 6.10. The van der Waals surface area contributed by atoms with Crippen molar-refractivity contribution in [3.8, 4) is 0 Å². The van der Waals surface area contributed by atoms with E-state index in [1.165, 1.54) is 4.57 Å². The smallest absolute Gasteiger partial charge is 0.262 e. The second-order valence-corrected chi connectivity index (χ2v) is 8.67. The molecule has 2 amide bonds. The van der Waals surface area contributed by atoms with Crippen LogP contribution in [0.5, 0.6) is 0 Å². The Balaban J connectivity index is 1.49. The van der Waals surface area contributed by atoms with Crippen LogP contribution < -0.4 is 10.9 Å². The van der Waals surface area contributed by atoms with E-state index in [0.29, 0.717) is 53.7 Å². The Hall–Kier alpha value is -2.78. The lowest BCUT2D eigenvalue weighted by Crippen LogP contribution is -2.29. The Bertz CT molecular complexity index is 1200. The molecule has 0 bridgehead atoms. The van der Waals surface area contributed by atoms with Crippen LogP contribution in [-0.4, -0.2) is 39.4 Å². The molecule has 0 unspecified atom stereocenters. The number of amides is 2. The minimum absolute atomic E-state index is 0.177. The number of rotatable bonds is 7. The molecule has 30 heavy (non-hydrogen) atoms. The topological polar surface area (TPSA) is 87.2 Å². The quantitative estimate of drug-likeness (QED) is 0.551. The van der Waals surface area contributed by atoms with Gasteiger partial charge in [0.2, 0.25) is 5.91 Å². The summed E-state index contributed by atoms with van der Waals surface area (Å²) in [6.07, 6.45) is 2.18. The van der Waals surface area contributed by atoms with Gasteiger partial charge in [-0.05, 0) is 54.7 Å². The Labute approximate surface area is 182 Å². The van der Waals surface area contributed by atoms with Gasteiger partial charge >= 0.3 is 0 Å². The lowest BCUT2D eigenvalue weighted by Gasteiger charge is -2.16. The van der Waals surface area contributed by atoms with Crippen molar-refractivity contribution >= 4 is 46.3 Å². The van der Waals surface area contributed by atoms with Crippen molar-refractivity contribution in [3.05, 3.63) is 61.3 Å². The minimum atomic E-state index is -0.205. The van der Waals surface area contributed by atoms with Crippen molar-refractivity contribution in [2.24, 2.45) is 0 Å². The molecule has 2 aromatic heterocycles. The average Bonchev–Trinajstić information content (AvgIpc) is 3.40. The number of carbonyl (C=O) groups excluding carboxylic acids is 2. The molecule has 4 rings (SSSR count). The van der Waals surface area contributed by atoms with Gasteiger partial charge in [0, 0.05) is 36.5 Å². The van der Waals surface area contributed by atoms with Crippen molar-refractivity contribution in [2.75, 3.05) is 13.1 Å². The SMILES string of the molecule is O=C(NCc1cccs1)c1ccc2c(=O)n(CCCN3CCCC3=O)c(=S)[nH]c2c1. The van der Waals surface area contributed by atoms with Crippen molar-refractivity contribution in [3.63, 3.8) is 0 Å². The second kappa shape index (κ2) is 8.93. The number of H-pyrrole nitrogens is 1. The maximum Gasteiger partial charge on any atom is 0.262 e. The largest absolute Gasteiger partial charge is 0.347 e. The standard InChI is InChI=1S/C21H22N4O3S2/c26-18-5-1-8-24(18)9-3-10-25-20(28)16-7-6-14(12-17(16)23-21(25)29)19(27)22-13-15-4-2-11-30-15/h2,4,6-7,11-12H,1,3,5,8-10,13H2,(H,22,27)(H,23,29). The third-order valence-corrected chi connectivity index (χ3v) is 6.43. The number of aromatic amines is 1. The van der Waals surface area contributed by atoms with Crippen LogP contribution in [-0.2, 0) is 17.9 Å². The molecule has 0 saturated carbocycles. The number of aromatic nitrogens is 2. The van der Waals surface area contributed by atoms with Crippen molar-refractivity contribution in [1.29, 1.82) is 0 Å². The number of thiophene rings is 1. The molecule has 1 aliphatic rings. The summed E-state index contributed by atoms with van der Waals surface area (Å²) in [4.78, 5) is 43.1. The van der Waals surface area contributed by atoms with E-state index in [1.807, 2.05) is 22.4 Å². The molecule has 0 spiro atoms. The molecular weight excluding hydrogens is 420 g/mol. The first-order valence-electron chi connectivity index (χ1n) is 9.88. The number of likely N-dealkylation sites (tertiary alicyclic amines) is 1. The fourth-order valence-electron chi connectivity index (χ4n) is 3.64. The van der Waals surface area contributed by atoms with Crippen LogP contribution in [0.4, 0.5) is 0 Å². The summed E-state index contributed by atoms with van der Waals surface area (Å²) < 4.78 is 1.84. The third kappa shape index (κ3) is 4.36. The fourth-order valence-corrected chi connectivity index (χ4v) is 4.57. The molecule has 0 atom stereocenters. The molecule has 1 aromatic carbocycles. The fraction of sp³-hybridized carbons (Fsp3) is 0.333. The maximum atomic E-state index is 12.9. The van der Waals surface area contributed by atoms with Gasteiger partial charge in [0.25, 0.3) is 11.5 Å². The van der Waals surface area contributed by atoms with Crippen LogP contribution in [0.15, 0.2) is 40.5 Å². The molecule has 1 fully saturated rings. The molecule has 0 aliphatic carbocycles. The molecule has 2 N–H and O–H groups in total. The monoisotopic (exact) mass is 442 g/mol. The van der Waals surface area contributed by atoms with E-state index in [-0.39, 0.29) is 17.4 Å². The molecule has 1 saturated heterocycles. The van der Waals surface area contributed by atoms with Crippen LogP contribution >= 0.6 is 23.6 Å². The van der Waals surface area contributed by atoms with Gasteiger partial charge in [-0.15, -0.1) is 11.3 Å². The molecule has 1 aliphatic heterocycles. The number of hydrogen-bond acceptors (Lipinski definition) is 5. The summed E-state index contributed by atoms with van der Waals surface area (Å²) >= 11 is 6.96. The zero-order valence-corrected chi connectivity index (χ0v) is 18.0. The Morgan fingerprint density at radius 3 is 2.83 bits per heavy atom. The summed E-state index contributed by atoms with van der Waals surface area (Å²) in [6, 6.07) is 8.87. The van der Waals surface area contributed by atoms with Gasteiger partial charge in [-0.3, -0.25) is 19.0 Å². The van der Waals surface area contributed by atoms with E-state index in [9.17, 15) is 14.4 Å². The molecule has 9 heteroatoms. The van der Waals surface area contributed by atoms with Gasteiger partial charge in [-0.25, -0.2) is 0 Å². The summed E-state index contributed by atoms with van der Waals surface area (Å²) in [5, 5.41) is 5.33. The number of nitrogens with zero attached hydrogens (tertiary/aromatic N) is 2. The lowest BCUT2D eigenvalue weighted by atomic mass is 10.1. The van der Waals surface area contributed by atoms with Crippen molar-refractivity contribution in [2.45, 2.75) is 32.4 Å². The number of benzene rings is 1. The maximum absolute atomic E-state index is 12.9. The minimum Gasteiger partial charge on any atom is -0.347 e. The summed E-state index contributed by atoms with van der Waals surface area (Å²) in [7, 11) is 0. The van der Waals surface area contributed by atoms with Crippen molar-refractivity contribution < 1.29 is 9.59 Å². The first kappa shape index (κ1) is 20.5. The normalized spacial score (nSPS) is 13.9. The third-order valence-electron chi connectivity index (χ3n) is 5.23. The highest BCUT2D eigenvalue weighted by atomic mass is 32.1. The van der Waals surface area contributed by atoms with Gasteiger partial charge in [-0.1, -0.05) is 6.07 Å². The van der Waals surface area contributed by atoms with E-state index >= 15 is 0 Å². The number of carbonyl (C=O) groups is 2. The predicted molar refractivity (Wildman–Crippen MR) is 119 cm³/mol. The van der Waals surface area contributed by atoms with E-state index in [2.05, 4.69) is 10.3 Å². The molecule has 3 heterocycles. The van der Waals surface area contributed by atoms with Gasteiger partial charge in [0.05, 0.1) is 17.4 Å². The first-order valence-corrected chi connectivity index (χ1v) is 11.2. The van der Waals surface area contributed by atoms with Crippen LogP contribution in [0.25, 0.3) is 10.9 Å². The van der Waals surface area contributed by atoms with Gasteiger partial charge in [0.1, 0.15) is 0 Å². The highest BCUT2D eigenvalue weighted by molar-refractivity contribution is 7.71. The number of hydrogen-bond donors (Lipinski definition) is 2. The van der Waals surface area contributed by atoms with Crippen LogP contribution in [0.3, 0.4) is 0 Å². The van der Waals surface area contributed by atoms with Gasteiger partial charge in [0.15, 0.2) is 4.77 Å². The lowest BCUT2D eigenvalue weighted by molar-refractivity contribution is -0.127. The van der Waals surface area contributed by atoms with Gasteiger partial charge in [-0.2, -0.15) is 0 Å². The average molecular weight is 443 g/mol. The number of fused-ring (bicyclic) bond motifs is 1. The van der Waals surface area contributed by atoms with Crippen LogP contribution in [0, 0.1) is 4.77 Å².